The van der Waals surface area contributed by atoms with Gasteiger partial charge in [-0.25, -0.2) is 0 Å². The summed E-state index contributed by atoms with van der Waals surface area (Å²) in [6, 6.07) is 11.3. The molecule has 0 amide bonds. The highest BCUT2D eigenvalue weighted by Gasteiger charge is 2.22. The lowest BCUT2D eigenvalue weighted by Gasteiger charge is -2.21. The maximum atomic E-state index is 6.25. The second-order valence-corrected chi connectivity index (χ2v) is 5.55. The molecule has 0 spiro atoms. The van der Waals surface area contributed by atoms with E-state index in [9.17, 15) is 0 Å². The number of nitrogens with zero attached hydrogens (tertiary/aromatic N) is 1. The molecule has 1 aliphatic rings. The molecule has 3 rings (SSSR count). The van der Waals surface area contributed by atoms with Crippen LogP contribution in [0.2, 0.25) is 0 Å². The van der Waals surface area contributed by atoms with Crippen molar-refractivity contribution in [3.05, 3.63) is 52.8 Å². The van der Waals surface area contributed by atoms with Gasteiger partial charge in [0.1, 0.15) is 0 Å². The molecule has 0 aliphatic heterocycles. The topological polar surface area (TPSA) is 30.9 Å². The van der Waals surface area contributed by atoms with E-state index in [2.05, 4.69) is 48.7 Å². The highest BCUT2D eigenvalue weighted by atomic mass is 15.0. The van der Waals surface area contributed by atoms with E-state index in [0.29, 0.717) is 0 Å². The van der Waals surface area contributed by atoms with Crippen molar-refractivity contribution >= 4 is 0 Å². The maximum absolute atomic E-state index is 6.25. The minimum Gasteiger partial charge on any atom is -0.324 e. The molecule has 100 valence electrons. The van der Waals surface area contributed by atoms with Crippen LogP contribution in [0, 0.1) is 6.92 Å². The number of hydrogen-bond acceptors (Lipinski definition) is 1. The fourth-order valence-electron chi connectivity index (χ4n) is 3.21. The predicted octanol–water partition coefficient (Wildman–Crippen LogP) is 3.68. The van der Waals surface area contributed by atoms with Crippen molar-refractivity contribution in [2.75, 3.05) is 0 Å². The van der Waals surface area contributed by atoms with Gasteiger partial charge in [0.25, 0.3) is 0 Å². The van der Waals surface area contributed by atoms with Gasteiger partial charge in [0.2, 0.25) is 0 Å². The highest BCUT2D eigenvalue weighted by molar-refractivity contribution is 5.45. The standard InChI is InChI=1S/C17H22N2/c1-3-13-6-4-7-14(11-13)19-12(2)10-15-16(18)8-5-9-17(15)19/h4,6-7,10-11,16H,3,5,8-9,18H2,1-2H3. The summed E-state index contributed by atoms with van der Waals surface area (Å²) in [6.45, 7) is 4.39. The fourth-order valence-corrected chi connectivity index (χ4v) is 3.21. The monoisotopic (exact) mass is 254 g/mol. The smallest absolute Gasteiger partial charge is 0.0457 e. The van der Waals surface area contributed by atoms with Gasteiger partial charge < -0.3 is 10.3 Å². The Morgan fingerprint density at radius 1 is 1.32 bits per heavy atom. The second kappa shape index (κ2) is 4.86. The first-order valence-corrected chi connectivity index (χ1v) is 7.26. The largest absolute Gasteiger partial charge is 0.324 e. The molecular weight excluding hydrogens is 232 g/mol. The lowest BCUT2D eigenvalue weighted by Crippen LogP contribution is -2.18. The zero-order chi connectivity index (χ0) is 13.4. The van der Waals surface area contributed by atoms with Crippen molar-refractivity contribution < 1.29 is 0 Å². The molecule has 1 heterocycles. The summed E-state index contributed by atoms with van der Waals surface area (Å²) in [5.74, 6) is 0. The first kappa shape index (κ1) is 12.5. The number of rotatable bonds is 2. The summed E-state index contributed by atoms with van der Waals surface area (Å²) in [4.78, 5) is 0. The number of aryl methyl sites for hydroxylation is 2. The first-order valence-electron chi connectivity index (χ1n) is 7.26. The molecule has 0 saturated carbocycles. The van der Waals surface area contributed by atoms with Crippen LogP contribution in [-0.4, -0.2) is 4.57 Å². The van der Waals surface area contributed by atoms with Crippen LogP contribution in [0.15, 0.2) is 30.3 Å². The number of aromatic nitrogens is 1. The molecule has 19 heavy (non-hydrogen) atoms. The third-order valence-electron chi connectivity index (χ3n) is 4.23. The van der Waals surface area contributed by atoms with Gasteiger partial charge in [0.15, 0.2) is 0 Å². The van der Waals surface area contributed by atoms with Crippen LogP contribution in [0.1, 0.15) is 48.3 Å². The Hall–Kier alpha value is -1.54. The molecule has 2 aromatic rings. The molecule has 2 nitrogen and oxygen atoms in total. The summed E-state index contributed by atoms with van der Waals surface area (Å²) in [6.07, 6.45) is 4.54. The predicted molar refractivity (Wildman–Crippen MR) is 79.8 cm³/mol. The minimum absolute atomic E-state index is 0.220. The molecule has 2 heteroatoms. The van der Waals surface area contributed by atoms with Crippen LogP contribution in [0.3, 0.4) is 0 Å². The van der Waals surface area contributed by atoms with E-state index in [4.69, 9.17) is 5.73 Å². The molecule has 0 saturated heterocycles. The molecule has 0 radical (unpaired) electrons. The van der Waals surface area contributed by atoms with E-state index in [1.165, 1.54) is 34.6 Å². The Bertz CT molecular complexity index is 595. The van der Waals surface area contributed by atoms with E-state index in [0.717, 1.165) is 19.3 Å². The zero-order valence-electron chi connectivity index (χ0n) is 11.8. The van der Waals surface area contributed by atoms with E-state index in [1.54, 1.807) is 0 Å². The summed E-state index contributed by atoms with van der Waals surface area (Å²) in [7, 11) is 0. The summed E-state index contributed by atoms with van der Waals surface area (Å²) in [5, 5.41) is 0. The minimum atomic E-state index is 0.220. The Balaban J connectivity index is 2.14. The maximum Gasteiger partial charge on any atom is 0.0457 e. The van der Waals surface area contributed by atoms with Gasteiger partial charge in [-0.15, -0.1) is 0 Å². The Kier molecular flexibility index (Phi) is 3.19. The van der Waals surface area contributed by atoms with Crippen molar-refractivity contribution in [2.45, 2.75) is 45.6 Å². The molecule has 1 atom stereocenters. The van der Waals surface area contributed by atoms with Crippen molar-refractivity contribution in [1.82, 2.24) is 4.57 Å². The molecular formula is C17H22N2. The van der Waals surface area contributed by atoms with Gasteiger partial charge in [-0.1, -0.05) is 19.1 Å². The lowest BCUT2D eigenvalue weighted by atomic mass is 9.93. The Morgan fingerprint density at radius 3 is 2.95 bits per heavy atom. The molecule has 0 fully saturated rings. The number of fused-ring (bicyclic) bond motifs is 1. The van der Waals surface area contributed by atoms with Crippen LogP contribution < -0.4 is 5.73 Å². The van der Waals surface area contributed by atoms with Crippen molar-refractivity contribution in [2.24, 2.45) is 5.73 Å². The zero-order valence-corrected chi connectivity index (χ0v) is 11.8. The van der Waals surface area contributed by atoms with Gasteiger partial charge in [-0.05, 0) is 61.9 Å². The average Bonchev–Trinajstić information content (AvgIpc) is 2.77. The summed E-state index contributed by atoms with van der Waals surface area (Å²) in [5.41, 5.74) is 13.0. The number of nitrogens with two attached hydrogens (primary N) is 1. The van der Waals surface area contributed by atoms with Gasteiger partial charge in [0, 0.05) is 23.1 Å². The highest BCUT2D eigenvalue weighted by Crippen LogP contribution is 2.32. The van der Waals surface area contributed by atoms with Crippen LogP contribution >= 0.6 is 0 Å². The summed E-state index contributed by atoms with van der Waals surface area (Å²) < 4.78 is 2.40. The van der Waals surface area contributed by atoms with Crippen molar-refractivity contribution in [3.63, 3.8) is 0 Å². The van der Waals surface area contributed by atoms with Crippen molar-refractivity contribution in [3.8, 4) is 5.69 Å². The van der Waals surface area contributed by atoms with Crippen LogP contribution in [-0.2, 0) is 12.8 Å². The van der Waals surface area contributed by atoms with Gasteiger partial charge in [0.05, 0.1) is 0 Å². The fraction of sp³-hybridized carbons (Fsp3) is 0.412. The molecule has 1 aliphatic carbocycles. The lowest BCUT2D eigenvalue weighted by molar-refractivity contribution is 0.560. The Labute approximate surface area is 115 Å². The van der Waals surface area contributed by atoms with Crippen LogP contribution in [0.4, 0.5) is 0 Å². The number of benzene rings is 1. The summed E-state index contributed by atoms with van der Waals surface area (Å²) >= 11 is 0. The third kappa shape index (κ3) is 2.10. The SMILES string of the molecule is CCc1cccc(-n2c(C)cc3c2CCCC3N)c1. The van der Waals surface area contributed by atoms with Crippen LogP contribution in [0.25, 0.3) is 5.69 Å². The molecule has 1 aromatic carbocycles. The van der Waals surface area contributed by atoms with Crippen LogP contribution in [0.5, 0.6) is 0 Å². The quantitative estimate of drug-likeness (QED) is 0.870. The average molecular weight is 254 g/mol. The van der Waals surface area contributed by atoms with E-state index in [1.807, 2.05) is 0 Å². The molecule has 1 aromatic heterocycles. The molecule has 2 N–H and O–H groups in total. The first-order chi connectivity index (χ1) is 9.20. The van der Waals surface area contributed by atoms with E-state index < -0.39 is 0 Å². The second-order valence-electron chi connectivity index (χ2n) is 5.55. The normalized spacial score (nSPS) is 18.4. The van der Waals surface area contributed by atoms with Gasteiger partial charge in [-0.3, -0.25) is 0 Å². The third-order valence-corrected chi connectivity index (χ3v) is 4.23. The van der Waals surface area contributed by atoms with Crippen molar-refractivity contribution in [1.29, 1.82) is 0 Å². The molecule has 0 bridgehead atoms. The number of hydrogen-bond donors (Lipinski definition) is 1. The van der Waals surface area contributed by atoms with E-state index in [-0.39, 0.29) is 6.04 Å². The molecule has 1 unspecified atom stereocenters. The van der Waals surface area contributed by atoms with Gasteiger partial charge >= 0.3 is 0 Å². The van der Waals surface area contributed by atoms with E-state index >= 15 is 0 Å². The van der Waals surface area contributed by atoms with Gasteiger partial charge in [-0.2, -0.15) is 0 Å². The Morgan fingerprint density at radius 2 is 2.16 bits per heavy atom.